The van der Waals surface area contributed by atoms with E-state index in [9.17, 15) is 4.79 Å². The van der Waals surface area contributed by atoms with Gasteiger partial charge in [-0.25, -0.2) is 0 Å². The number of aromatic nitrogens is 2. The Morgan fingerprint density at radius 1 is 1.09 bits per heavy atom. The molecule has 0 saturated heterocycles. The lowest BCUT2D eigenvalue weighted by atomic mass is 10.3. The van der Waals surface area contributed by atoms with Crippen LogP contribution in [0.4, 0.5) is 0 Å². The van der Waals surface area contributed by atoms with Crippen molar-refractivity contribution in [3.05, 3.63) is 55.6 Å². The summed E-state index contributed by atoms with van der Waals surface area (Å²) in [6, 6.07) is 10.6. The highest BCUT2D eigenvalue weighted by molar-refractivity contribution is 8.09. The third-order valence-corrected chi connectivity index (χ3v) is 5.44. The smallest absolute Gasteiger partial charge is 0.266 e. The number of hydrogen-bond donors (Lipinski definition) is 0. The van der Waals surface area contributed by atoms with Gasteiger partial charge in [-0.15, -0.1) is 0 Å². The normalized spacial score (nSPS) is 13.2. The minimum atomic E-state index is -0.331. The molecule has 3 rings (SSSR count). The van der Waals surface area contributed by atoms with Crippen LogP contribution < -0.4 is 5.56 Å². The van der Waals surface area contributed by atoms with E-state index in [-0.39, 0.29) is 15.4 Å². The van der Waals surface area contributed by atoms with Crippen molar-refractivity contribution in [2.24, 2.45) is 0 Å². The molecular weight excluding hydrogens is 340 g/mol. The average Bonchev–Trinajstić information content (AvgIpc) is 2.55. The number of fused-ring (bicyclic) bond motifs is 1. The molecule has 1 aromatic heterocycles. The molecule has 0 aliphatic carbocycles. The lowest BCUT2D eigenvalue weighted by Gasteiger charge is -2.15. The summed E-state index contributed by atoms with van der Waals surface area (Å²) >= 11 is 7.93. The molecule has 0 N–H and O–H groups in total. The molecule has 5 nitrogen and oxygen atoms in total. The molecule has 1 aromatic carbocycles. The number of halogens is 1. The number of benzene rings is 1. The number of hydrogen-bond acceptors (Lipinski definition) is 6. The van der Waals surface area contributed by atoms with Crippen molar-refractivity contribution in [2.75, 3.05) is 0 Å². The summed E-state index contributed by atoms with van der Waals surface area (Å²) < 4.78 is 1.25. The molecule has 0 spiro atoms. The Balaban J connectivity index is 2.12. The van der Waals surface area contributed by atoms with Gasteiger partial charge in [-0.3, -0.25) is 4.79 Å². The van der Waals surface area contributed by atoms with Crippen LogP contribution >= 0.6 is 35.1 Å². The molecule has 0 unspecified atom stereocenters. The van der Waals surface area contributed by atoms with Gasteiger partial charge in [-0.2, -0.15) is 20.3 Å². The van der Waals surface area contributed by atoms with Crippen LogP contribution in [0.1, 0.15) is 0 Å². The Morgan fingerprint density at radius 2 is 1.73 bits per heavy atom. The van der Waals surface area contributed by atoms with Crippen molar-refractivity contribution in [2.45, 2.75) is 9.79 Å². The molecule has 0 fully saturated rings. The van der Waals surface area contributed by atoms with Gasteiger partial charge in [0, 0.05) is 5.02 Å². The van der Waals surface area contributed by atoms with Crippen molar-refractivity contribution < 1.29 is 0 Å². The van der Waals surface area contributed by atoms with Gasteiger partial charge in [0.05, 0.1) is 21.7 Å². The van der Waals surface area contributed by atoms with E-state index >= 15 is 0 Å². The van der Waals surface area contributed by atoms with Gasteiger partial charge < -0.3 is 0 Å². The van der Waals surface area contributed by atoms with Gasteiger partial charge in [-0.1, -0.05) is 35.1 Å². The van der Waals surface area contributed by atoms with Crippen molar-refractivity contribution in [3.8, 4) is 17.8 Å². The minimum absolute atomic E-state index is 0.228. The summed E-state index contributed by atoms with van der Waals surface area (Å²) in [7, 11) is 0. The van der Waals surface area contributed by atoms with Gasteiger partial charge >= 0.3 is 0 Å². The third kappa shape index (κ3) is 2.51. The second-order valence-corrected chi connectivity index (χ2v) is 6.63. The van der Waals surface area contributed by atoms with Gasteiger partial charge in [0.25, 0.3) is 5.56 Å². The zero-order valence-corrected chi connectivity index (χ0v) is 13.2. The summed E-state index contributed by atoms with van der Waals surface area (Å²) in [5, 5.41) is 22.8. The van der Waals surface area contributed by atoms with Crippen LogP contribution in [0.25, 0.3) is 5.69 Å². The highest BCUT2D eigenvalue weighted by atomic mass is 35.5. The molecule has 0 atom stereocenters. The van der Waals surface area contributed by atoms with Gasteiger partial charge in [0.2, 0.25) is 0 Å². The lowest BCUT2D eigenvalue weighted by molar-refractivity contribution is 0.756. The summed E-state index contributed by atoms with van der Waals surface area (Å²) in [6.45, 7) is 0. The molecule has 0 amide bonds. The molecule has 0 saturated carbocycles. The maximum absolute atomic E-state index is 12.6. The van der Waals surface area contributed by atoms with E-state index in [2.05, 4.69) is 5.10 Å². The van der Waals surface area contributed by atoms with Crippen LogP contribution in [0, 0.1) is 22.7 Å². The number of nitrogens with zero attached hydrogens (tertiary/aromatic N) is 4. The molecule has 2 heterocycles. The fourth-order valence-electron chi connectivity index (χ4n) is 1.81. The SMILES string of the molecule is N#CC1=C(C#N)Sc2c(cnn(-c3ccc(Cl)cc3)c2=O)S1. The Hall–Kier alpha value is -2.19. The van der Waals surface area contributed by atoms with Gasteiger partial charge in [0.15, 0.2) is 0 Å². The molecule has 1 aliphatic rings. The first-order valence-electron chi connectivity index (χ1n) is 5.92. The van der Waals surface area contributed by atoms with E-state index in [4.69, 9.17) is 22.1 Å². The monoisotopic (exact) mass is 344 g/mol. The quantitative estimate of drug-likeness (QED) is 0.789. The Labute approximate surface area is 138 Å². The second-order valence-electron chi connectivity index (χ2n) is 4.12. The summed E-state index contributed by atoms with van der Waals surface area (Å²) in [4.78, 5) is 14.1. The molecule has 8 heteroatoms. The van der Waals surface area contributed by atoms with Crippen LogP contribution in [0.5, 0.6) is 0 Å². The molecule has 0 bridgehead atoms. The highest BCUT2D eigenvalue weighted by Crippen LogP contribution is 2.44. The van der Waals surface area contributed by atoms with Crippen LogP contribution in [0.15, 0.2) is 54.9 Å². The summed E-state index contributed by atoms with van der Waals surface area (Å²) in [6.07, 6.45) is 1.52. The van der Waals surface area contributed by atoms with Crippen molar-refractivity contribution >= 4 is 35.1 Å². The van der Waals surface area contributed by atoms with Crippen LogP contribution in [-0.2, 0) is 0 Å². The van der Waals surface area contributed by atoms with Crippen molar-refractivity contribution in [1.82, 2.24) is 9.78 Å². The largest absolute Gasteiger partial charge is 0.286 e. The molecule has 1 aliphatic heterocycles. The maximum Gasteiger partial charge on any atom is 0.286 e. The predicted octanol–water partition coefficient (Wildman–Crippen LogP) is 3.34. The average molecular weight is 345 g/mol. The Kier molecular flexibility index (Phi) is 3.95. The van der Waals surface area contributed by atoms with Gasteiger partial charge in [-0.05, 0) is 24.3 Å². The van der Waals surface area contributed by atoms with Crippen molar-refractivity contribution in [3.63, 3.8) is 0 Å². The standard InChI is InChI=1S/C14H5ClN4OS2/c15-8-1-3-9(4-2-8)19-14(20)13-12(7-18-19)21-10(5-16)11(6-17)22-13/h1-4,7H. The summed E-state index contributed by atoms with van der Waals surface area (Å²) in [5.41, 5.74) is 0.249. The third-order valence-electron chi connectivity index (χ3n) is 2.80. The zero-order valence-electron chi connectivity index (χ0n) is 10.8. The number of rotatable bonds is 1. The van der Waals surface area contributed by atoms with Crippen LogP contribution in [-0.4, -0.2) is 9.78 Å². The second kappa shape index (κ2) is 5.90. The van der Waals surface area contributed by atoms with E-state index in [1.54, 1.807) is 24.3 Å². The number of allylic oxidation sites excluding steroid dienone is 2. The topological polar surface area (TPSA) is 82.5 Å². The first-order valence-corrected chi connectivity index (χ1v) is 7.93. The number of nitriles is 2. The summed E-state index contributed by atoms with van der Waals surface area (Å²) in [5.74, 6) is 0. The predicted molar refractivity (Wildman–Crippen MR) is 84.8 cm³/mol. The minimum Gasteiger partial charge on any atom is -0.266 e. The molecule has 0 radical (unpaired) electrons. The first-order chi connectivity index (χ1) is 10.6. The molecule has 2 aromatic rings. The number of thioether (sulfide) groups is 2. The van der Waals surface area contributed by atoms with Gasteiger partial charge in [0.1, 0.15) is 21.9 Å². The molecular formula is C14H5ClN4OS2. The first kappa shape index (κ1) is 14.7. The van der Waals surface area contributed by atoms with Crippen molar-refractivity contribution in [1.29, 1.82) is 10.5 Å². The van der Waals surface area contributed by atoms with E-state index in [0.29, 0.717) is 20.5 Å². The van der Waals surface area contributed by atoms with E-state index < -0.39 is 0 Å². The Bertz CT molecular complexity index is 935. The van der Waals surface area contributed by atoms with E-state index in [1.807, 2.05) is 12.1 Å². The fraction of sp³-hybridized carbons (Fsp3) is 0. The van der Waals surface area contributed by atoms with E-state index in [0.717, 1.165) is 23.5 Å². The lowest BCUT2D eigenvalue weighted by Crippen LogP contribution is -2.23. The highest BCUT2D eigenvalue weighted by Gasteiger charge is 2.24. The zero-order chi connectivity index (χ0) is 15.7. The Morgan fingerprint density at radius 3 is 2.36 bits per heavy atom. The van der Waals surface area contributed by atoms with E-state index in [1.165, 1.54) is 10.9 Å². The van der Waals surface area contributed by atoms with Crippen LogP contribution in [0.3, 0.4) is 0 Å². The molecule has 22 heavy (non-hydrogen) atoms. The molecule has 106 valence electrons. The van der Waals surface area contributed by atoms with Crippen LogP contribution in [0.2, 0.25) is 5.02 Å². The fourth-order valence-corrected chi connectivity index (χ4v) is 3.83. The maximum atomic E-state index is 12.6.